The van der Waals surface area contributed by atoms with Gasteiger partial charge in [-0.25, -0.2) is 0 Å². The molecule has 1 aliphatic heterocycles. The lowest BCUT2D eigenvalue weighted by atomic mass is 10.0. The number of methoxy groups -OCH3 is 1. The molecule has 0 aliphatic carbocycles. The van der Waals surface area contributed by atoms with E-state index in [1.54, 1.807) is 42.5 Å². The first-order valence-electron chi connectivity index (χ1n) is 8.42. The smallest absolute Gasteiger partial charge is 0.458 e. The molecule has 1 unspecified atom stereocenters. The SMILES string of the molecule is COc1cccc(O)c1CNCc1cccc(C2=NOC(O)(C(F)(F)F)C2)c1. The Kier molecular flexibility index (Phi) is 5.48. The number of nitrogens with one attached hydrogen (secondary N) is 1. The minimum Gasteiger partial charge on any atom is -0.507 e. The second kappa shape index (κ2) is 7.69. The molecule has 0 aromatic heterocycles. The zero-order valence-corrected chi connectivity index (χ0v) is 15.0. The second-order valence-corrected chi connectivity index (χ2v) is 6.35. The summed E-state index contributed by atoms with van der Waals surface area (Å²) >= 11 is 0. The van der Waals surface area contributed by atoms with Crippen molar-refractivity contribution in [2.24, 2.45) is 5.16 Å². The first kappa shape index (κ1) is 20.0. The fourth-order valence-electron chi connectivity index (χ4n) is 2.84. The van der Waals surface area contributed by atoms with Crippen molar-refractivity contribution < 1.29 is 33.0 Å². The molecule has 1 atom stereocenters. The summed E-state index contributed by atoms with van der Waals surface area (Å²) in [7, 11) is 1.51. The highest BCUT2D eigenvalue weighted by Crippen LogP contribution is 2.39. The minimum absolute atomic E-state index is 0.0176. The molecule has 0 spiro atoms. The van der Waals surface area contributed by atoms with Gasteiger partial charge in [-0.1, -0.05) is 29.4 Å². The van der Waals surface area contributed by atoms with Crippen LogP contribution in [0, 0.1) is 0 Å². The van der Waals surface area contributed by atoms with Crippen LogP contribution in [0.3, 0.4) is 0 Å². The van der Waals surface area contributed by atoms with Gasteiger partial charge in [0.25, 0.3) is 0 Å². The van der Waals surface area contributed by atoms with Gasteiger partial charge in [0.05, 0.1) is 19.2 Å². The van der Waals surface area contributed by atoms with Crippen molar-refractivity contribution in [1.82, 2.24) is 5.32 Å². The summed E-state index contributed by atoms with van der Waals surface area (Å²) in [5.74, 6) is -2.65. The summed E-state index contributed by atoms with van der Waals surface area (Å²) in [5.41, 5.74) is 1.84. The Morgan fingerprint density at radius 3 is 2.64 bits per heavy atom. The van der Waals surface area contributed by atoms with Gasteiger partial charge in [0, 0.05) is 18.7 Å². The molecule has 6 nitrogen and oxygen atoms in total. The lowest BCUT2D eigenvalue weighted by Gasteiger charge is -2.22. The van der Waals surface area contributed by atoms with Crippen LogP contribution in [0.1, 0.15) is 23.1 Å². The van der Waals surface area contributed by atoms with E-state index >= 15 is 0 Å². The topological polar surface area (TPSA) is 83.3 Å². The van der Waals surface area contributed by atoms with Crippen LogP contribution < -0.4 is 10.1 Å². The number of phenols is 1. The Labute approximate surface area is 159 Å². The number of aromatic hydroxyl groups is 1. The first-order chi connectivity index (χ1) is 13.2. The maximum atomic E-state index is 12.8. The summed E-state index contributed by atoms with van der Waals surface area (Å²) in [6.45, 7) is 0.723. The van der Waals surface area contributed by atoms with Gasteiger partial charge >= 0.3 is 12.0 Å². The van der Waals surface area contributed by atoms with Gasteiger partial charge in [-0.05, 0) is 29.3 Å². The number of hydrogen-bond acceptors (Lipinski definition) is 6. The molecule has 0 saturated heterocycles. The Balaban J connectivity index is 1.65. The van der Waals surface area contributed by atoms with Crippen molar-refractivity contribution in [2.45, 2.75) is 31.5 Å². The number of benzene rings is 2. The molecule has 3 N–H and O–H groups in total. The molecule has 0 radical (unpaired) electrons. The van der Waals surface area contributed by atoms with E-state index < -0.39 is 18.4 Å². The molecule has 1 aliphatic rings. The van der Waals surface area contributed by atoms with Gasteiger partial charge in [-0.2, -0.15) is 13.2 Å². The molecule has 0 amide bonds. The average Bonchev–Trinajstić information content (AvgIpc) is 3.07. The summed E-state index contributed by atoms with van der Waals surface area (Å²) < 4.78 is 43.8. The zero-order valence-electron chi connectivity index (χ0n) is 15.0. The molecular formula is C19H19F3N2O4. The van der Waals surface area contributed by atoms with E-state index in [1.165, 1.54) is 7.11 Å². The van der Waals surface area contributed by atoms with E-state index in [1.807, 2.05) is 0 Å². The van der Waals surface area contributed by atoms with Gasteiger partial charge in [-0.3, -0.25) is 0 Å². The standard InChI is InChI=1S/C19H19F3N2O4/c1-27-17-7-3-6-16(25)14(17)11-23-10-12-4-2-5-13(8-12)15-9-18(26,28-24-15)19(20,21)22/h2-8,23,25-26H,9-11H2,1H3. The van der Waals surface area contributed by atoms with Gasteiger partial charge < -0.3 is 25.1 Å². The molecular weight excluding hydrogens is 377 g/mol. The van der Waals surface area contributed by atoms with E-state index in [9.17, 15) is 23.4 Å². The van der Waals surface area contributed by atoms with E-state index in [4.69, 9.17) is 4.74 Å². The lowest BCUT2D eigenvalue weighted by Crippen LogP contribution is -2.45. The summed E-state index contributed by atoms with van der Waals surface area (Å²) in [6.07, 6.45) is -5.71. The van der Waals surface area contributed by atoms with E-state index in [-0.39, 0.29) is 11.5 Å². The summed E-state index contributed by atoms with van der Waals surface area (Å²) in [4.78, 5) is 4.25. The quantitative estimate of drug-likeness (QED) is 0.699. The number of rotatable bonds is 6. The first-order valence-corrected chi connectivity index (χ1v) is 8.42. The normalized spacial score (nSPS) is 19.2. The summed E-state index contributed by atoms with van der Waals surface area (Å²) in [6, 6.07) is 11.7. The van der Waals surface area contributed by atoms with Crippen molar-refractivity contribution in [3.8, 4) is 11.5 Å². The summed E-state index contributed by atoms with van der Waals surface area (Å²) in [5, 5.41) is 26.1. The number of oxime groups is 1. The van der Waals surface area contributed by atoms with Gasteiger partial charge in [0.15, 0.2) is 0 Å². The number of ether oxygens (including phenoxy) is 1. The van der Waals surface area contributed by atoms with Gasteiger partial charge in [0.2, 0.25) is 0 Å². The number of halogens is 3. The minimum atomic E-state index is -4.94. The van der Waals surface area contributed by atoms with Crippen LogP contribution >= 0.6 is 0 Å². The van der Waals surface area contributed by atoms with Crippen molar-refractivity contribution in [1.29, 1.82) is 0 Å². The zero-order chi connectivity index (χ0) is 20.4. The maximum Gasteiger partial charge on any atom is 0.458 e. The van der Waals surface area contributed by atoms with E-state index in [0.29, 0.717) is 30.0 Å². The number of phenolic OH excluding ortho intramolecular Hbond substituents is 1. The van der Waals surface area contributed by atoms with E-state index in [2.05, 4.69) is 15.3 Å². The van der Waals surface area contributed by atoms with Crippen molar-refractivity contribution in [2.75, 3.05) is 7.11 Å². The molecule has 2 aromatic carbocycles. The third kappa shape index (κ3) is 4.05. The monoisotopic (exact) mass is 396 g/mol. The molecule has 0 saturated carbocycles. The fourth-order valence-corrected chi connectivity index (χ4v) is 2.84. The highest BCUT2D eigenvalue weighted by atomic mass is 19.4. The number of nitrogens with zero attached hydrogens (tertiary/aromatic N) is 1. The Hall–Kier alpha value is -2.78. The van der Waals surface area contributed by atoms with Crippen molar-refractivity contribution >= 4 is 5.71 Å². The van der Waals surface area contributed by atoms with Crippen LogP contribution in [0.2, 0.25) is 0 Å². The van der Waals surface area contributed by atoms with Crippen LogP contribution in [0.15, 0.2) is 47.6 Å². The van der Waals surface area contributed by atoms with Crippen LogP contribution in [0.25, 0.3) is 0 Å². The molecule has 150 valence electrons. The number of aliphatic hydroxyl groups is 1. The van der Waals surface area contributed by atoms with E-state index in [0.717, 1.165) is 5.56 Å². The maximum absolute atomic E-state index is 12.8. The second-order valence-electron chi connectivity index (χ2n) is 6.35. The van der Waals surface area contributed by atoms with Crippen LogP contribution in [0.5, 0.6) is 11.5 Å². The van der Waals surface area contributed by atoms with Gasteiger partial charge in [-0.15, -0.1) is 0 Å². The van der Waals surface area contributed by atoms with Crippen LogP contribution in [-0.4, -0.2) is 35.0 Å². The number of alkyl halides is 3. The fraction of sp³-hybridized carbons (Fsp3) is 0.316. The van der Waals surface area contributed by atoms with Crippen molar-refractivity contribution in [3.63, 3.8) is 0 Å². The Bertz CT molecular complexity index is 886. The van der Waals surface area contributed by atoms with Gasteiger partial charge in [0.1, 0.15) is 11.5 Å². The molecule has 9 heteroatoms. The predicted octanol–water partition coefficient (Wildman–Crippen LogP) is 3.07. The molecule has 3 rings (SSSR count). The third-order valence-corrected chi connectivity index (χ3v) is 4.38. The molecule has 1 heterocycles. The Morgan fingerprint density at radius 2 is 1.96 bits per heavy atom. The molecule has 28 heavy (non-hydrogen) atoms. The highest BCUT2D eigenvalue weighted by Gasteiger charge is 2.60. The third-order valence-electron chi connectivity index (χ3n) is 4.38. The van der Waals surface area contributed by atoms with Crippen LogP contribution in [0.4, 0.5) is 13.2 Å². The molecule has 0 bridgehead atoms. The Morgan fingerprint density at radius 1 is 1.21 bits per heavy atom. The molecule has 0 fully saturated rings. The lowest BCUT2D eigenvalue weighted by molar-refractivity contribution is -0.355. The number of hydrogen-bond donors (Lipinski definition) is 3. The highest BCUT2D eigenvalue weighted by molar-refractivity contribution is 6.01. The largest absolute Gasteiger partial charge is 0.507 e. The van der Waals surface area contributed by atoms with Crippen LogP contribution in [-0.2, 0) is 17.9 Å². The molecule has 2 aromatic rings. The predicted molar refractivity (Wildman–Crippen MR) is 94.9 cm³/mol. The average molecular weight is 396 g/mol. The van der Waals surface area contributed by atoms with Crippen molar-refractivity contribution in [3.05, 3.63) is 59.2 Å².